The number of aromatic nitrogens is 4. The Bertz CT molecular complexity index is 462. The van der Waals surface area contributed by atoms with Crippen LogP contribution in [0.1, 0.15) is 20.8 Å². The quantitative estimate of drug-likeness (QED) is 0.826. The molecule has 2 N–H and O–H groups in total. The minimum atomic E-state index is 0.605. The summed E-state index contributed by atoms with van der Waals surface area (Å²) in [7, 11) is 0. The molecule has 2 aromatic heterocycles. The number of nitrogens with zero attached hydrogens (tertiary/aromatic N) is 3. The molecule has 0 radical (unpaired) electrons. The first kappa shape index (κ1) is 10.9. The summed E-state index contributed by atoms with van der Waals surface area (Å²) in [6.07, 6.45) is 3.17. The third-order valence-electron chi connectivity index (χ3n) is 2.95. The number of rotatable bonds is 4. The highest BCUT2D eigenvalue weighted by molar-refractivity contribution is 5.81. The zero-order valence-electron chi connectivity index (χ0n) is 9.86. The van der Waals surface area contributed by atoms with E-state index in [0.29, 0.717) is 17.5 Å². The fourth-order valence-corrected chi connectivity index (χ4v) is 1.39. The average molecular weight is 219 g/mol. The summed E-state index contributed by atoms with van der Waals surface area (Å²) in [6.45, 7) is 7.57. The molecular weight excluding hydrogens is 202 g/mol. The molecule has 1 unspecified atom stereocenters. The van der Waals surface area contributed by atoms with Crippen molar-refractivity contribution in [1.29, 1.82) is 0 Å². The van der Waals surface area contributed by atoms with Crippen LogP contribution in [0.25, 0.3) is 11.2 Å². The van der Waals surface area contributed by atoms with Crippen LogP contribution in [0, 0.1) is 11.8 Å². The zero-order valence-corrected chi connectivity index (χ0v) is 9.86. The van der Waals surface area contributed by atoms with E-state index in [4.69, 9.17) is 0 Å². The number of anilines is 1. The molecular formula is C11H17N5. The van der Waals surface area contributed by atoms with Crippen molar-refractivity contribution in [2.24, 2.45) is 11.8 Å². The first-order chi connectivity index (χ1) is 7.68. The molecule has 16 heavy (non-hydrogen) atoms. The summed E-state index contributed by atoms with van der Waals surface area (Å²) in [4.78, 5) is 15.4. The summed E-state index contributed by atoms with van der Waals surface area (Å²) in [5.41, 5.74) is 1.58. The van der Waals surface area contributed by atoms with E-state index >= 15 is 0 Å². The Balaban J connectivity index is 2.12. The van der Waals surface area contributed by atoms with Gasteiger partial charge < -0.3 is 10.3 Å². The maximum Gasteiger partial charge on any atom is 0.182 e. The lowest BCUT2D eigenvalue weighted by atomic mass is 9.98. The Morgan fingerprint density at radius 3 is 2.81 bits per heavy atom. The van der Waals surface area contributed by atoms with Crippen LogP contribution in [0.3, 0.4) is 0 Å². The van der Waals surface area contributed by atoms with Crippen molar-refractivity contribution in [3.05, 3.63) is 12.7 Å². The molecule has 1 atom stereocenters. The van der Waals surface area contributed by atoms with Gasteiger partial charge in [0.15, 0.2) is 11.5 Å². The minimum absolute atomic E-state index is 0.605. The Labute approximate surface area is 94.7 Å². The lowest BCUT2D eigenvalue weighted by molar-refractivity contribution is 0.439. The molecule has 0 bridgehead atoms. The molecule has 0 aliphatic heterocycles. The molecule has 86 valence electrons. The van der Waals surface area contributed by atoms with Gasteiger partial charge >= 0.3 is 0 Å². The van der Waals surface area contributed by atoms with Gasteiger partial charge in [-0.2, -0.15) is 0 Å². The van der Waals surface area contributed by atoms with Crippen molar-refractivity contribution >= 4 is 17.0 Å². The molecule has 0 spiro atoms. The number of hydrogen-bond acceptors (Lipinski definition) is 4. The minimum Gasteiger partial charge on any atom is -0.368 e. The second kappa shape index (κ2) is 4.47. The fraction of sp³-hybridized carbons (Fsp3) is 0.545. The van der Waals surface area contributed by atoms with Crippen molar-refractivity contribution in [3.63, 3.8) is 0 Å². The van der Waals surface area contributed by atoms with Crippen LogP contribution in [0.4, 0.5) is 5.82 Å². The molecule has 0 saturated carbocycles. The van der Waals surface area contributed by atoms with Crippen LogP contribution in [0.15, 0.2) is 12.7 Å². The van der Waals surface area contributed by atoms with E-state index in [9.17, 15) is 0 Å². The number of nitrogens with one attached hydrogen (secondary N) is 2. The Kier molecular flexibility index (Phi) is 3.03. The number of fused-ring (bicyclic) bond motifs is 1. The van der Waals surface area contributed by atoms with E-state index in [1.807, 2.05) is 0 Å². The summed E-state index contributed by atoms with van der Waals surface area (Å²) in [6, 6.07) is 0. The van der Waals surface area contributed by atoms with E-state index < -0.39 is 0 Å². The normalized spacial score (nSPS) is 13.2. The van der Waals surface area contributed by atoms with Gasteiger partial charge in [-0.3, -0.25) is 0 Å². The molecule has 5 nitrogen and oxygen atoms in total. The molecule has 0 amide bonds. The summed E-state index contributed by atoms with van der Waals surface area (Å²) < 4.78 is 0. The second-order valence-electron chi connectivity index (χ2n) is 4.43. The predicted molar refractivity (Wildman–Crippen MR) is 64.2 cm³/mol. The molecule has 2 rings (SSSR count). The summed E-state index contributed by atoms with van der Waals surface area (Å²) in [5, 5.41) is 3.33. The number of imidazole rings is 1. The van der Waals surface area contributed by atoms with Gasteiger partial charge in [0.1, 0.15) is 11.8 Å². The van der Waals surface area contributed by atoms with Crippen LogP contribution < -0.4 is 5.32 Å². The van der Waals surface area contributed by atoms with Crippen LogP contribution in [0.5, 0.6) is 0 Å². The molecule has 0 aromatic carbocycles. The van der Waals surface area contributed by atoms with Gasteiger partial charge in [0.2, 0.25) is 0 Å². The number of H-pyrrole nitrogens is 1. The molecule has 2 heterocycles. The van der Waals surface area contributed by atoms with Gasteiger partial charge in [0.05, 0.1) is 6.33 Å². The highest BCUT2D eigenvalue weighted by atomic mass is 15.1. The first-order valence-corrected chi connectivity index (χ1v) is 5.56. The van der Waals surface area contributed by atoms with E-state index in [1.54, 1.807) is 6.33 Å². The Morgan fingerprint density at radius 1 is 1.25 bits per heavy atom. The number of aromatic amines is 1. The maximum absolute atomic E-state index is 4.22. The van der Waals surface area contributed by atoms with E-state index in [-0.39, 0.29) is 0 Å². The van der Waals surface area contributed by atoms with Crippen molar-refractivity contribution in [2.75, 3.05) is 11.9 Å². The van der Waals surface area contributed by atoms with Crippen molar-refractivity contribution in [2.45, 2.75) is 20.8 Å². The lowest BCUT2D eigenvalue weighted by Gasteiger charge is -2.16. The van der Waals surface area contributed by atoms with Crippen LogP contribution >= 0.6 is 0 Å². The highest BCUT2D eigenvalue weighted by Crippen LogP contribution is 2.16. The van der Waals surface area contributed by atoms with Crippen LogP contribution in [0.2, 0.25) is 0 Å². The second-order valence-corrected chi connectivity index (χ2v) is 4.43. The summed E-state index contributed by atoms with van der Waals surface area (Å²) >= 11 is 0. The van der Waals surface area contributed by atoms with Gasteiger partial charge in [-0.1, -0.05) is 20.8 Å². The third kappa shape index (κ3) is 2.13. The molecule has 5 heteroatoms. The predicted octanol–water partition coefficient (Wildman–Crippen LogP) is 2.06. The molecule has 2 aromatic rings. The Morgan fingerprint density at radius 2 is 2.06 bits per heavy atom. The van der Waals surface area contributed by atoms with Gasteiger partial charge in [-0.15, -0.1) is 0 Å². The van der Waals surface area contributed by atoms with Crippen molar-refractivity contribution < 1.29 is 0 Å². The average Bonchev–Trinajstić information content (AvgIpc) is 2.73. The van der Waals surface area contributed by atoms with Gasteiger partial charge in [0.25, 0.3) is 0 Å². The number of hydrogen-bond donors (Lipinski definition) is 2. The maximum atomic E-state index is 4.22. The van der Waals surface area contributed by atoms with Crippen molar-refractivity contribution in [1.82, 2.24) is 19.9 Å². The largest absolute Gasteiger partial charge is 0.368 e. The third-order valence-corrected chi connectivity index (χ3v) is 2.95. The molecule has 0 aliphatic carbocycles. The standard InChI is InChI=1S/C11H17N5/c1-7(2)8(3)4-12-10-9-11(14-5-13-9)16-6-15-10/h5-8H,4H2,1-3H3,(H2,12,13,14,15,16). The van der Waals surface area contributed by atoms with Gasteiger partial charge in [0, 0.05) is 6.54 Å². The molecule has 0 saturated heterocycles. The van der Waals surface area contributed by atoms with E-state index in [2.05, 4.69) is 46.0 Å². The van der Waals surface area contributed by atoms with E-state index in [1.165, 1.54) is 6.33 Å². The molecule has 0 aliphatic rings. The zero-order chi connectivity index (χ0) is 11.5. The first-order valence-electron chi connectivity index (χ1n) is 5.56. The Hall–Kier alpha value is -1.65. The topological polar surface area (TPSA) is 66.5 Å². The summed E-state index contributed by atoms with van der Waals surface area (Å²) in [5.74, 6) is 2.09. The van der Waals surface area contributed by atoms with Crippen molar-refractivity contribution in [3.8, 4) is 0 Å². The van der Waals surface area contributed by atoms with Gasteiger partial charge in [-0.25, -0.2) is 15.0 Å². The monoisotopic (exact) mass is 219 g/mol. The fourth-order valence-electron chi connectivity index (χ4n) is 1.39. The van der Waals surface area contributed by atoms with E-state index in [0.717, 1.165) is 17.9 Å². The van der Waals surface area contributed by atoms with Crippen LogP contribution in [-0.4, -0.2) is 26.5 Å². The van der Waals surface area contributed by atoms with Gasteiger partial charge in [-0.05, 0) is 11.8 Å². The van der Waals surface area contributed by atoms with Crippen LogP contribution in [-0.2, 0) is 0 Å². The smallest absolute Gasteiger partial charge is 0.182 e. The molecule has 0 fully saturated rings. The highest BCUT2D eigenvalue weighted by Gasteiger charge is 2.09. The SMILES string of the molecule is CC(C)C(C)CNc1ncnc2nc[nH]c12. The lowest BCUT2D eigenvalue weighted by Crippen LogP contribution is -2.17.